The van der Waals surface area contributed by atoms with E-state index in [0.29, 0.717) is 35.4 Å². The number of aromatic hydroxyl groups is 1. The van der Waals surface area contributed by atoms with Crippen molar-refractivity contribution in [1.29, 1.82) is 0 Å². The van der Waals surface area contributed by atoms with Crippen LogP contribution in [0.3, 0.4) is 0 Å². The molecule has 7 nitrogen and oxygen atoms in total. The minimum Gasteiger partial charge on any atom is -0.503 e. The van der Waals surface area contributed by atoms with Gasteiger partial charge in [0.2, 0.25) is 0 Å². The van der Waals surface area contributed by atoms with E-state index in [0.717, 1.165) is 31.4 Å². The number of ether oxygens (including phenoxy) is 3. The van der Waals surface area contributed by atoms with Crippen LogP contribution in [-0.2, 0) is 19.1 Å². The topological polar surface area (TPSA) is 94.1 Å². The van der Waals surface area contributed by atoms with E-state index in [4.69, 9.17) is 25.8 Å². The number of hydrogen-bond acceptors (Lipinski definition) is 7. The molecule has 0 spiro atoms. The second kappa shape index (κ2) is 8.93. The molecule has 2 atom stereocenters. The van der Waals surface area contributed by atoms with E-state index in [2.05, 4.69) is 5.32 Å². The quantitative estimate of drug-likeness (QED) is 0.664. The molecule has 0 saturated carbocycles. The Hall–Kier alpha value is -2.51. The number of hydrogen-bond donors (Lipinski definition) is 2. The Bertz CT molecular complexity index is 977. The van der Waals surface area contributed by atoms with Crippen molar-refractivity contribution in [2.24, 2.45) is 0 Å². The number of phenolic OH excluding ortho intramolecular Hbond substituents is 1. The Kier molecular flexibility index (Phi) is 6.25. The Morgan fingerprint density at radius 3 is 2.84 bits per heavy atom. The van der Waals surface area contributed by atoms with Crippen molar-refractivity contribution < 1.29 is 28.9 Å². The first-order chi connectivity index (χ1) is 14.9. The molecule has 0 aromatic heterocycles. The number of allylic oxidation sites excluding steroid dienone is 3. The number of dihydropyridines is 1. The monoisotopic (exact) mass is 447 g/mol. The number of carbonyl (C=O) groups is 2. The third kappa shape index (κ3) is 4.16. The van der Waals surface area contributed by atoms with Crippen molar-refractivity contribution in [2.75, 3.05) is 20.3 Å². The molecule has 4 rings (SSSR count). The first kappa shape index (κ1) is 21.7. The fraction of sp³-hybridized carbons (Fsp3) is 0.478. The summed E-state index contributed by atoms with van der Waals surface area (Å²) in [6.07, 6.45) is 3.58. The Morgan fingerprint density at radius 1 is 1.32 bits per heavy atom. The van der Waals surface area contributed by atoms with Crippen LogP contribution in [0.25, 0.3) is 0 Å². The third-order valence-electron chi connectivity index (χ3n) is 6.02. The van der Waals surface area contributed by atoms with Crippen LogP contribution in [0.15, 0.2) is 34.7 Å². The number of carbonyl (C=O) groups excluding carboxylic acids is 2. The molecule has 0 amide bonds. The Balaban J connectivity index is 1.76. The van der Waals surface area contributed by atoms with Gasteiger partial charge in [-0.25, -0.2) is 4.79 Å². The summed E-state index contributed by atoms with van der Waals surface area (Å²) < 4.78 is 16.4. The maximum absolute atomic E-state index is 13.2. The van der Waals surface area contributed by atoms with Gasteiger partial charge >= 0.3 is 5.97 Å². The third-order valence-corrected chi connectivity index (χ3v) is 6.31. The molecular formula is C23H26ClNO6. The molecule has 8 heteroatoms. The highest BCUT2D eigenvalue weighted by atomic mass is 35.5. The van der Waals surface area contributed by atoms with Gasteiger partial charge in [-0.1, -0.05) is 11.6 Å². The van der Waals surface area contributed by atoms with Crippen LogP contribution in [0.4, 0.5) is 0 Å². The molecule has 0 bridgehead atoms. The highest BCUT2D eigenvalue weighted by Gasteiger charge is 2.40. The van der Waals surface area contributed by atoms with Crippen LogP contribution in [0, 0.1) is 0 Å². The van der Waals surface area contributed by atoms with Gasteiger partial charge in [0, 0.05) is 35.9 Å². The first-order valence-electron chi connectivity index (χ1n) is 10.5. The van der Waals surface area contributed by atoms with Crippen molar-refractivity contribution in [3.05, 3.63) is 45.3 Å². The van der Waals surface area contributed by atoms with Crippen LogP contribution >= 0.6 is 11.6 Å². The predicted octanol–water partition coefficient (Wildman–Crippen LogP) is 3.74. The van der Waals surface area contributed by atoms with Crippen molar-refractivity contribution in [3.63, 3.8) is 0 Å². The van der Waals surface area contributed by atoms with Crippen LogP contribution in [0.1, 0.15) is 50.5 Å². The largest absolute Gasteiger partial charge is 0.503 e. The van der Waals surface area contributed by atoms with E-state index < -0.39 is 11.9 Å². The second-order valence-electron chi connectivity index (χ2n) is 8.05. The van der Waals surface area contributed by atoms with Gasteiger partial charge in [0.1, 0.15) is 6.61 Å². The molecule has 1 aliphatic carbocycles. The van der Waals surface area contributed by atoms with E-state index in [1.54, 1.807) is 19.1 Å². The molecule has 3 aliphatic rings. The normalized spacial score (nSPS) is 23.5. The van der Waals surface area contributed by atoms with Crippen molar-refractivity contribution >= 4 is 23.4 Å². The summed E-state index contributed by atoms with van der Waals surface area (Å²) >= 11 is 6.24. The summed E-state index contributed by atoms with van der Waals surface area (Å²) in [7, 11) is 1.42. The van der Waals surface area contributed by atoms with Crippen LogP contribution in [0.2, 0.25) is 5.02 Å². The zero-order chi connectivity index (χ0) is 22.1. The minimum atomic E-state index is -0.659. The number of rotatable bonds is 5. The van der Waals surface area contributed by atoms with Crippen LogP contribution < -0.4 is 10.1 Å². The molecule has 2 N–H and O–H groups in total. The van der Waals surface area contributed by atoms with Gasteiger partial charge < -0.3 is 24.6 Å². The number of halogens is 1. The lowest BCUT2D eigenvalue weighted by atomic mass is 9.75. The summed E-state index contributed by atoms with van der Waals surface area (Å²) in [5, 5.41) is 13.5. The molecule has 1 aromatic rings. The first-order valence-corrected chi connectivity index (χ1v) is 10.9. The van der Waals surface area contributed by atoms with Gasteiger partial charge in [0.05, 0.1) is 23.8 Å². The highest BCUT2D eigenvalue weighted by molar-refractivity contribution is 6.32. The number of esters is 1. The minimum absolute atomic E-state index is 0.0150. The van der Waals surface area contributed by atoms with Gasteiger partial charge in [-0.2, -0.15) is 0 Å². The fourth-order valence-corrected chi connectivity index (χ4v) is 4.74. The average Bonchev–Trinajstić information content (AvgIpc) is 3.27. The molecule has 31 heavy (non-hydrogen) atoms. The maximum Gasteiger partial charge on any atom is 0.336 e. The lowest BCUT2D eigenvalue weighted by molar-refractivity contribution is -0.142. The molecular weight excluding hydrogens is 422 g/mol. The zero-order valence-electron chi connectivity index (χ0n) is 17.6. The van der Waals surface area contributed by atoms with Gasteiger partial charge in [-0.15, -0.1) is 0 Å². The highest BCUT2D eigenvalue weighted by Crippen LogP contribution is 2.46. The number of nitrogens with one attached hydrogen (secondary N) is 1. The molecule has 2 heterocycles. The van der Waals surface area contributed by atoms with E-state index in [1.807, 2.05) is 0 Å². The lowest BCUT2D eigenvalue weighted by Gasteiger charge is -2.34. The predicted molar refractivity (Wildman–Crippen MR) is 114 cm³/mol. The van der Waals surface area contributed by atoms with E-state index in [1.165, 1.54) is 7.11 Å². The Labute approximate surface area is 186 Å². The van der Waals surface area contributed by atoms with Crippen molar-refractivity contribution in [2.45, 2.75) is 51.0 Å². The summed E-state index contributed by atoms with van der Waals surface area (Å²) in [6, 6.07) is 3.19. The summed E-state index contributed by atoms with van der Waals surface area (Å²) in [5.41, 5.74) is 2.95. The molecule has 0 radical (unpaired) electrons. The summed E-state index contributed by atoms with van der Waals surface area (Å²) in [5.74, 6) is -1.18. The number of phenols is 1. The molecule has 1 aromatic carbocycles. The average molecular weight is 448 g/mol. The van der Waals surface area contributed by atoms with Crippen LogP contribution in [0.5, 0.6) is 11.5 Å². The van der Waals surface area contributed by atoms with Crippen LogP contribution in [-0.4, -0.2) is 43.3 Å². The van der Waals surface area contributed by atoms with E-state index >= 15 is 0 Å². The van der Waals surface area contributed by atoms with Crippen molar-refractivity contribution in [1.82, 2.24) is 5.32 Å². The van der Waals surface area contributed by atoms with E-state index in [9.17, 15) is 14.7 Å². The number of ketones is 1. The van der Waals surface area contributed by atoms with Crippen molar-refractivity contribution in [3.8, 4) is 11.5 Å². The number of benzene rings is 1. The Morgan fingerprint density at radius 2 is 2.13 bits per heavy atom. The van der Waals surface area contributed by atoms with Gasteiger partial charge in [0.15, 0.2) is 17.3 Å². The number of methoxy groups -OCH3 is 1. The molecule has 2 aliphatic heterocycles. The summed E-state index contributed by atoms with van der Waals surface area (Å²) in [4.78, 5) is 26.2. The van der Waals surface area contributed by atoms with E-state index in [-0.39, 0.29) is 35.0 Å². The van der Waals surface area contributed by atoms with Gasteiger partial charge in [-0.05, 0) is 50.3 Å². The SMILES string of the molecule is COc1cc([C@@H]2C(C(=O)OC[C@@H]3CCCO3)=C(C)NC3=C2C(=O)CCC3)cc(Cl)c1O. The van der Waals surface area contributed by atoms with Gasteiger partial charge in [0.25, 0.3) is 0 Å². The molecule has 166 valence electrons. The maximum atomic E-state index is 13.2. The lowest BCUT2D eigenvalue weighted by Crippen LogP contribution is -2.35. The number of Topliss-reactive ketones (excluding diaryl/α,β-unsaturated/α-hetero) is 1. The molecule has 1 saturated heterocycles. The zero-order valence-corrected chi connectivity index (χ0v) is 18.4. The summed E-state index contributed by atoms with van der Waals surface area (Å²) in [6.45, 7) is 2.64. The smallest absolute Gasteiger partial charge is 0.336 e. The standard InChI is InChI=1S/C23H26ClNO6/c1-12-19(23(28)31-11-14-5-4-8-30-14)20(21-16(25-12)6-3-7-17(21)26)13-9-15(24)22(27)18(10-13)29-2/h9-10,14,20,25,27H,3-8,11H2,1-2H3/t14-,20+/m0/s1. The second-order valence-corrected chi connectivity index (χ2v) is 8.46. The van der Waals surface area contributed by atoms with Gasteiger partial charge in [-0.3, -0.25) is 4.79 Å². The molecule has 0 unspecified atom stereocenters. The molecule has 1 fully saturated rings. The fourth-order valence-electron chi connectivity index (χ4n) is 4.53.